The smallest absolute Gasteiger partial charge is 0.120 e. The summed E-state index contributed by atoms with van der Waals surface area (Å²) in [6.07, 6.45) is 5.93. The van der Waals surface area contributed by atoms with E-state index in [2.05, 4.69) is 16.9 Å². The molecule has 0 aliphatic heterocycles. The summed E-state index contributed by atoms with van der Waals surface area (Å²) < 4.78 is 0. The van der Waals surface area contributed by atoms with Crippen LogP contribution >= 0.6 is 0 Å². The van der Waals surface area contributed by atoms with E-state index in [-0.39, 0.29) is 0 Å². The second kappa shape index (κ2) is 3.91. The SMILES string of the molecule is CC(CC=O)Cc1cnc[nH]1. The summed E-state index contributed by atoms with van der Waals surface area (Å²) in [6.45, 7) is 2.05. The van der Waals surface area contributed by atoms with Crippen LogP contribution in [0.1, 0.15) is 19.0 Å². The molecule has 1 aromatic heterocycles. The Hall–Kier alpha value is -1.12. The first-order chi connectivity index (χ1) is 5.33. The number of hydrogen-bond donors (Lipinski definition) is 1. The van der Waals surface area contributed by atoms with Crippen LogP contribution in [0.3, 0.4) is 0 Å². The molecule has 0 saturated carbocycles. The molecule has 3 nitrogen and oxygen atoms in total. The molecule has 1 heterocycles. The molecule has 0 spiro atoms. The normalized spacial score (nSPS) is 12.8. The highest BCUT2D eigenvalue weighted by molar-refractivity contribution is 5.49. The van der Waals surface area contributed by atoms with E-state index in [1.54, 1.807) is 12.5 Å². The minimum atomic E-state index is 0.410. The lowest BCUT2D eigenvalue weighted by molar-refractivity contribution is -0.108. The Labute approximate surface area is 65.8 Å². The molecule has 1 aromatic rings. The molecule has 3 heteroatoms. The Morgan fingerprint density at radius 2 is 2.64 bits per heavy atom. The van der Waals surface area contributed by atoms with Crippen molar-refractivity contribution in [2.75, 3.05) is 0 Å². The van der Waals surface area contributed by atoms with Gasteiger partial charge in [0.1, 0.15) is 6.29 Å². The van der Waals surface area contributed by atoms with Gasteiger partial charge in [-0.1, -0.05) is 6.92 Å². The van der Waals surface area contributed by atoms with Gasteiger partial charge >= 0.3 is 0 Å². The lowest BCUT2D eigenvalue weighted by atomic mass is 10.0. The van der Waals surface area contributed by atoms with Crippen LogP contribution in [0.5, 0.6) is 0 Å². The zero-order valence-electron chi connectivity index (χ0n) is 6.58. The molecule has 0 fully saturated rings. The molecule has 1 unspecified atom stereocenters. The Morgan fingerprint density at radius 3 is 3.18 bits per heavy atom. The van der Waals surface area contributed by atoms with Crippen LogP contribution in [0.15, 0.2) is 12.5 Å². The number of aromatic amines is 1. The van der Waals surface area contributed by atoms with Crippen LogP contribution in [-0.2, 0) is 11.2 Å². The molecule has 0 aliphatic rings. The fraction of sp³-hybridized carbons (Fsp3) is 0.500. The quantitative estimate of drug-likeness (QED) is 0.658. The lowest BCUT2D eigenvalue weighted by Gasteiger charge is -2.03. The molecule has 0 amide bonds. The van der Waals surface area contributed by atoms with E-state index in [1.807, 2.05) is 0 Å². The topological polar surface area (TPSA) is 45.8 Å². The second-order valence-electron chi connectivity index (χ2n) is 2.79. The number of carbonyl (C=O) groups excluding carboxylic acids is 1. The third-order valence-corrected chi connectivity index (χ3v) is 1.62. The van der Waals surface area contributed by atoms with Gasteiger partial charge in [-0.15, -0.1) is 0 Å². The largest absolute Gasteiger partial charge is 0.348 e. The van der Waals surface area contributed by atoms with Crippen molar-refractivity contribution in [3.05, 3.63) is 18.2 Å². The van der Waals surface area contributed by atoms with Gasteiger partial charge in [0.25, 0.3) is 0 Å². The van der Waals surface area contributed by atoms with Crippen molar-refractivity contribution in [3.8, 4) is 0 Å². The van der Waals surface area contributed by atoms with E-state index in [9.17, 15) is 4.79 Å². The predicted octanol–water partition coefficient (Wildman–Crippen LogP) is 1.18. The van der Waals surface area contributed by atoms with Crippen molar-refractivity contribution in [2.24, 2.45) is 5.92 Å². The number of nitrogens with one attached hydrogen (secondary N) is 1. The van der Waals surface area contributed by atoms with E-state index in [0.717, 1.165) is 18.4 Å². The molecule has 0 radical (unpaired) electrons. The van der Waals surface area contributed by atoms with Crippen molar-refractivity contribution in [1.82, 2.24) is 9.97 Å². The number of carbonyl (C=O) groups is 1. The maximum atomic E-state index is 10.1. The lowest BCUT2D eigenvalue weighted by Crippen LogP contribution is -2.00. The molecule has 0 aromatic carbocycles. The van der Waals surface area contributed by atoms with Crippen LogP contribution in [0, 0.1) is 5.92 Å². The molecule has 60 valence electrons. The number of rotatable bonds is 4. The number of H-pyrrole nitrogens is 1. The highest BCUT2D eigenvalue weighted by atomic mass is 16.1. The molecule has 11 heavy (non-hydrogen) atoms. The minimum absolute atomic E-state index is 0.410. The molecule has 1 atom stereocenters. The number of aromatic nitrogens is 2. The molecule has 0 aliphatic carbocycles. The Balaban J connectivity index is 2.37. The fourth-order valence-electron chi connectivity index (χ4n) is 1.02. The van der Waals surface area contributed by atoms with Gasteiger partial charge in [0.05, 0.1) is 6.33 Å². The summed E-state index contributed by atoms with van der Waals surface area (Å²) in [5, 5.41) is 0. The minimum Gasteiger partial charge on any atom is -0.348 e. The summed E-state index contributed by atoms with van der Waals surface area (Å²) >= 11 is 0. The standard InChI is InChI=1S/C8H12N2O/c1-7(2-3-11)4-8-5-9-6-10-8/h3,5-7H,2,4H2,1H3,(H,9,10). The van der Waals surface area contributed by atoms with Gasteiger partial charge < -0.3 is 9.78 Å². The van der Waals surface area contributed by atoms with E-state index in [1.165, 1.54) is 0 Å². The highest BCUT2D eigenvalue weighted by Gasteiger charge is 2.02. The van der Waals surface area contributed by atoms with Crippen LogP contribution in [0.25, 0.3) is 0 Å². The first-order valence-corrected chi connectivity index (χ1v) is 3.74. The van der Waals surface area contributed by atoms with E-state index < -0.39 is 0 Å². The molecule has 0 bridgehead atoms. The third-order valence-electron chi connectivity index (χ3n) is 1.62. The van der Waals surface area contributed by atoms with Crippen LogP contribution in [0.2, 0.25) is 0 Å². The van der Waals surface area contributed by atoms with Gasteiger partial charge in [-0.25, -0.2) is 4.98 Å². The number of aldehydes is 1. The molecule has 1 N–H and O–H groups in total. The molecular weight excluding hydrogens is 140 g/mol. The summed E-state index contributed by atoms with van der Waals surface area (Å²) in [4.78, 5) is 17.0. The maximum absolute atomic E-state index is 10.1. The monoisotopic (exact) mass is 152 g/mol. The molecular formula is C8H12N2O. The number of imidazole rings is 1. The van der Waals surface area contributed by atoms with Gasteiger partial charge in [-0.3, -0.25) is 0 Å². The predicted molar refractivity (Wildman–Crippen MR) is 42.1 cm³/mol. The second-order valence-corrected chi connectivity index (χ2v) is 2.79. The summed E-state index contributed by atoms with van der Waals surface area (Å²) in [6, 6.07) is 0. The summed E-state index contributed by atoms with van der Waals surface area (Å²) in [7, 11) is 0. The van der Waals surface area contributed by atoms with Crippen molar-refractivity contribution in [1.29, 1.82) is 0 Å². The van der Waals surface area contributed by atoms with Crippen LogP contribution < -0.4 is 0 Å². The van der Waals surface area contributed by atoms with E-state index in [0.29, 0.717) is 12.3 Å². The van der Waals surface area contributed by atoms with Crippen LogP contribution in [0.4, 0.5) is 0 Å². The van der Waals surface area contributed by atoms with Crippen molar-refractivity contribution >= 4 is 6.29 Å². The van der Waals surface area contributed by atoms with Crippen molar-refractivity contribution in [3.63, 3.8) is 0 Å². The van der Waals surface area contributed by atoms with Gasteiger partial charge in [-0.2, -0.15) is 0 Å². The van der Waals surface area contributed by atoms with E-state index in [4.69, 9.17) is 0 Å². The summed E-state index contributed by atoms with van der Waals surface area (Å²) in [5.41, 5.74) is 1.10. The molecule has 0 saturated heterocycles. The van der Waals surface area contributed by atoms with Gasteiger partial charge in [-0.05, 0) is 12.3 Å². The average molecular weight is 152 g/mol. The average Bonchev–Trinajstić information content (AvgIpc) is 2.40. The zero-order valence-corrected chi connectivity index (χ0v) is 6.58. The number of nitrogens with zero attached hydrogens (tertiary/aromatic N) is 1. The van der Waals surface area contributed by atoms with Crippen molar-refractivity contribution in [2.45, 2.75) is 19.8 Å². The number of hydrogen-bond acceptors (Lipinski definition) is 2. The zero-order chi connectivity index (χ0) is 8.10. The van der Waals surface area contributed by atoms with Gasteiger partial charge in [0, 0.05) is 18.3 Å². The first-order valence-electron chi connectivity index (χ1n) is 3.74. The highest BCUT2D eigenvalue weighted by Crippen LogP contribution is 2.06. The summed E-state index contributed by atoms with van der Waals surface area (Å²) in [5.74, 6) is 0.410. The molecule has 1 rings (SSSR count). The van der Waals surface area contributed by atoms with Crippen LogP contribution in [-0.4, -0.2) is 16.3 Å². The van der Waals surface area contributed by atoms with Crippen molar-refractivity contribution < 1.29 is 4.79 Å². The van der Waals surface area contributed by atoms with Gasteiger partial charge in [0.15, 0.2) is 0 Å². The van der Waals surface area contributed by atoms with E-state index >= 15 is 0 Å². The van der Waals surface area contributed by atoms with Gasteiger partial charge in [0.2, 0.25) is 0 Å². The first kappa shape index (κ1) is 7.98. The Kier molecular flexibility index (Phi) is 2.83. The maximum Gasteiger partial charge on any atom is 0.120 e. The fourth-order valence-corrected chi connectivity index (χ4v) is 1.02. The third kappa shape index (κ3) is 2.53. The Bertz CT molecular complexity index is 206. The Morgan fingerprint density at radius 1 is 1.82 bits per heavy atom.